The van der Waals surface area contributed by atoms with Crippen LogP contribution in [0.4, 0.5) is 4.39 Å². The number of para-hydroxylation sites is 1. The van der Waals surface area contributed by atoms with E-state index in [1.54, 1.807) is 37.4 Å². The van der Waals surface area contributed by atoms with E-state index >= 15 is 0 Å². The van der Waals surface area contributed by atoms with E-state index in [1.165, 1.54) is 16.4 Å². The zero-order valence-electron chi connectivity index (χ0n) is 14.1. The van der Waals surface area contributed by atoms with Crippen molar-refractivity contribution < 1.29 is 12.8 Å². The molecule has 4 nitrogen and oxygen atoms in total. The highest BCUT2D eigenvalue weighted by Gasteiger charge is 2.26. The number of halogens is 1. The fraction of sp³-hybridized carbons (Fsp3) is 0.211. The Morgan fingerprint density at radius 1 is 1.12 bits per heavy atom. The number of fused-ring (bicyclic) bond motifs is 1. The molecule has 1 aromatic heterocycles. The molecule has 0 unspecified atom stereocenters. The first-order chi connectivity index (χ1) is 11.9. The van der Waals surface area contributed by atoms with Gasteiger partial charge in [0.15, 0.2) is 0 Å². The first kappa shape index (κ1) is 17.5. The van der Waals surface area contributed by atoms with Gasteiger partial charge in [0.25, 0.3) is 0 Å². The van der Waals surface area contributed by atoms with Gasteiger partial charge < -0.3 is 0 Å². The standard InChI is InChI=1S/C19H19FN2O2S/c1-3-22(13-15-6-4-8-17(20)11-15)25(23,24)18-9-5-7-16-10-14(2)12-21-19(16)18/h4-12H,3,13H2,1-2H3. The van der Waals surface area contributed by atoms with Gasteiger partial charge in [0.2, 0.25) is 10.0 Å². The molecule has 130 valence electrons. The zero-order valence-corrected chi connectivity index (χ0v) is 14.9. The lowest BCUT2D eigenvalue weighted by Gasteiger charge is -2.21. The zero-order chi connectivity index (χ0) is 18.0. The second-order valence-corrected chi connectivity index (χ2v) is 7.81. The third kappa shape index (κ3) is 3.55. The molecule has 3 aromatic rings. The van der Waals surface area contributed by atoms with E-state index in [4.69, 9.17) is 0 Å². The van der Waals surface area contributed by atoms with Crippen molar-refractivity contribution in [3.05, 3.63) is 71.7 Å². The van der Waals surface area contributed by atoms with E-state index in [2.05, 4.69) is 4.98 Å². The van der Waals surface area contributed by atoms with Crippen LogP contribution in [-0.4, -0.2) is 24.3 Å². The van der Waals surface area contributed by atoms with Crippen LogP contribution in [0, 0.1) is 12.7 Å². The summed E-state index contributed by atoms with van der Waals surface area (Å²) in [5.74, 6) is -0.381. The van der Waals surface area contributed by atoms with Crippen molar-refractivity contribution in [3.63, 3.8) is 0 Å². The van der Waals surface area contributed by atoms with Crippen molar-refractivity contribution in [2.24, 2.45) is 0 Å². The Morgan fingerprint density at radius 3 is 2.60 bits per heavy atom. The molecule has 0 aliphatic carbocycles. The molecule has 0 amide bonds. The van der Waals surface area contributed by atoms with Gasteiger partial charge in [-0.05, 0) is 42.3 Å². The minimum atomic E-state index is -3.75. The van der Waals surface area contributed by atoms with E-state index in [-0.39, 0.29) is 23.8 Å². The molecule has 0 saturated carbocycles. The van der Waals surface area contributed by atoms with E-state index in [9.17, 15) is 12.8 Å². The maximum Gasteiger partial charge on any atom is 0.245 e. The van der Waals surface area contributed by atoms with Gasteiger partial charge in [0.1, 0.15) is 10.7 Å². The molecular formula is C19H19FN2O2S. The van der Waals surface area contributed by atoms with Crippen LogP contribution in [0.25, 0.3) is 10.9 Å². The van der Waals surface area contributed by atoms with Gasteiger partial charge in [-0.1, -0.05) is 31.2 Å². The van der Waals surface area contributed by atoms with E-state index in [0.717, 1.165) is 10.9 Å². The van der Waals surface area contributed by atoms with Gasteiger partial charge in [-0.15, -0.1) is 0 Å². The normalized spacial score (nSPS) is 12.0. The van der Waals surface area contributed by atoms with Crippen molar-refractivity contribution >= 4 is 20.9 Å². The minimum absolute atomic E-state index is 0.110. The molecule has 3 rings (SSSR count). The first-order valence-electron chi connectivity index (χ1n) is 8.02. The highest BCUT2D eigenvalue weighted by atomic mass is 32.2. The van der Waals surface area contributed by atoms with Gasteiger partial charge in [-0.25, -0.2) is 12.8 Å². The third-order valence-electron chi connectivity index (χ3n) is 4.03. The summed E-state index contributed by atoms with van der Waals surface area (Å²) >= 11 is 0. The minimum Gasteiger partial charge on any atom is -0.255 e. The fourth-order valence-electron chi connectivity index (χ4n) is 2.80. The summed E-state index contributed by atoms with van der Waals surface area (Å²) in [6.45, 7) is 4.06. The number of hydrogen-bond acceptors (Lipinski definition) is 3. The quantitative estimate of drug-likeness (QED) is 0.695. The fourth-order valence-corrected chi connectivity index (χ4v) is 4.40. The van der Waals surface area contributed by atoms with Gasteiger partial charge in [-0.3, -0.25) is 4.98 Å². The molecule has 0 atom stereocenters. The lowest BCUT2D eigenvalue weighted by molar-refractivity contribution is 0.423. The molecular weight excluding hydrogens is 339 g/mol. The summed E-state index contributed by atoms with van der Waals surface area (Å²) < 4.78 is 41.0. The van der Waals surface area contributed by atoms with Crippen LogP contribution in [0.5, 0.6) is 0 Å². The van der Waals surface area contributed by atoms with Crippen LogP contribution < -0.4 is 0 Å². The summed E-state index contributed by atoms with van der Waals surface area (Å²) in [5.41, 5.74) is 2.02. The lowest BCUT2D eigenvalue weighted by Crippen LogP contribution is -2.30. The van der Waals surface area contributed by atoms with Crippen LogP contribution in [0.15, 0.2) is 59.6 Å². The number of aromatic nitrogens is 1. The Hall–Kier alpha value is -2.31. The molecule has 0 spiro atoms. The second-order valence-electron chi connectivity index (χ2n) is 5.90. The van der Waals surface area contributed by atoms with E-state index in [1.807, 2.05) is 19.1 Å². The molecule has 25 heavy (non-hydrogen) atoms. The highest BCUT2D eigenvalue weighted by molar-refractivity contribution is 7.89. The number of aryl methyl sites for hydroxylation is 1. The molecule has 0 aliphatic rings. The van der Waals surface area contributed by atoms with Crippen molar-refractivity contribution in [1.82, 2.24) is 9.29 Å². The molecule has 0 radical (unpaired) electrons. The summed E-state index contributed by atoms with van der Waals surface area (Å²) in [5, 5.41) is 0.780. The summed E-state index contributed by atoms with van der Waals surface area (Å²) in [4.78, 5) is 4.49. The predicted octanol–water partition coefficient (Wildman–Crippen LogP) is 3.89. The number of sulfonamides is 1. The lowest BCUT2D eigenvalue weighted by atomic mass is 10.2. The van der Waals surface area contributed by atoms with Crippen LogP contribution in [0.1, 0.15) is 18.1 Å². The molecule has 1 heterocycles. The highest BCUT2D eigenvalue weighted by Crippen LogP contribution is 2.25. The molecule has 6 heteroatoms. The van der Waals surface area contributed by atoms with E-state index in [0.29, 0.717) is 11.1 Å². The molecule has 2 aromatic carbocycles. The van der Waals surface area contributed by atoms with Crippen molar-refractivity contribution in [2.75, 3.05) is 6.54 Å². The van der Waals surface area contributed by atoms with E-state index < -0.39 is 10.0 Å². The Balaban J connectivity index is 2.05. The summed E-state index contributed by atoms with van der Waals surface area (Å²) in [6, 6.07) is 13.0. The second kappa shape index (κ2) is 6.90. The van der Waals surface area contributed by atoms with Crippen LogP contribution in [0.2, 0.25) is 0 Å². The summed E-state index contributed by atoms with van der Waals surface area (Å²) in [7, 11) is -3.75. The first-order valence-corrected chi connectivity index (χ1v) is 9.46. The average Bonchev–Trinajstić information content (AvgIpc) is 2.58. The average molecular weight is 358 g/mol. The number of pyridine rings is 1. The van der Waals surface area contributed by atoms with Crippen molar-refractivity contribution in [3.8, 4) is 0 Å². The topological polar surface area (TPSA) is 50.3 Å². The van der Waals surface area contributed by atoms with Gasteiger partial charge in [-0.2, -0.15) is 4.31 Å². The Bertz CT molecular complexity index is 1020. The monoisotopic (exact) mass is 358 g/mol. The smallest absolute Gasteiger partial charge is 0.245 e. The summed E-state index contributed by atoms with van der Waals surface area (Å²) in [6.07, 6.45) is 1.66. The van der Waals surface area contributed by atoms with Crippen LogP contribution in [-0.2, 0) is 16.6 Å². The Labute approximate surface area is 147 Å². The molecule has 0 fully saturated rings. The van der Waals surface area contributed by atoms with Crippen LogP contribution >= 0.6 is 0 Å². The maximum atomic E-state index is 13.4. The van der Waals surface area contributed by atoms with Gasteiger partial charge >= 0.3 is 0 Å². The number of nitrogens with zero attached hydrogens (tertiary/aromatic N) is 2. The molecule has 0 bridgehead atoms. The number of hydrogen-bond donors (Lipinski definition) is 0. The number of benzene rings is 2. The maximum absolute atomic E-state index is 13.4. The van der Waals surface area contributed by atoms with Crippen LogP contribution in [0.3, 0.4) is 0 Å². The largest absolute Gasteiger partial charge is 0.255 e. The third-order valence-corrected chi connectivity index (χ3v) is 5.98. The number of rotatable bonds is 5. The SMILES string of the molecule is CCN(Cc1cccc(F)c1)S(=O)(=O)c1cccc2cc(C)cnc12. The predicted molar refractivity (Wildman–Crippen MR) is 96.1 cm³/mol. The Morgan fingerprint density at radius 2 is 1.88 bits per heavy atom. The van der Waals surface area contributed by atoms with Gasteiger partial charge in [0.05, 0.1) is 5.52 Å². The molecule has 0 N–H and O–H groups in total. The van der Waals surface area contributed by atoms with Crippen molar-refractivity contribution in [2.45, 2.75) is 25.3 Å². The van der Waals surface area contributed by atoms with Crippen molar-refractivity contribution in [1.29, 1.82) is 0 Å². The molecule has 0 aliphatic heterocycles. The van der Waals surface area contributed by atoms with Gasteiger partial charge in [0, 0.05) is 24.7 Å². The Kier molecular flexibility index (Phi) is 4.83. The molecule has 0 saturated heterocycles.